The summed E-state index contributed by atoms with van der Waals surface area (Å²) in [7, 11) is 0. The van der Waals surface area contributed by atoms with Gasteiger partial charge in [-0.25, -0.2) is 0 Å². The first-order valence-corrected chi connectivity index (χ1v) is 7.30. The van der Waals surface area contributed by atoms with E-state index in [2.05, 4.69) is 30.5 Å². The molecule has 2 unspecified atom stereocenters. The Morgan fingerprint density at radius 1 is 1.40 bits per heavy atom. The van der Waals surface area contributed by atoms with Crippen molar-refractivity contribution < 1.29 is 0 Å². The summed E-state index contributed by atoms with van der Waals surface area (Å²) in [5.74, 6) is 1.29. The Labute approximate surface area is 98.0 Å². The molecule has 2 rings (SSSR count). The second-order valence-corrected chi connectivity index (χ2v) is 6.80. The molecule has 0 amide bonds. The summed E-state index contributed by atoms with van der Waals surface area (Å²) in [6, 6.07) is 0.729. The SMILES string of the molecule is CC1SCCN(CCC2(N)CCC2)C1C. The molecule has 0 aromatic carbocycles. The first-order valence-electron chi connectivity index (χ1n) is 6.25. The summed E-state index contributed by atoms with van der Waals surface area (Å²) in [5, 5.41) is 0.786. The molecule has 2 atom stereocenters. The van der Waals surface area contributed by atoms with Gasteiger partial charge in [0.25, 0.3) is 0 Å². The quantitative estimate of drug-likeness (QED) is 0.802. The first kappa shape index (κ1) is 11.7. The molecule has 1 saturated carbocycles. The molecule has 2 aliphatic rings. The molecule has 1 aliphatic heterocycles. The van der Waals surface area contributed by atoms with Gasteiger partial charge in [-0.15, -0.1) is 0 Å². The monoisotopic (exact) mass is 228 g/mol. The zero-order chi connectivity index (χ0) is 10.9. The summed E-state index contributed by atoms with van der Waals surface area (Å²) in [5.41, 5.74) is 6.47. The molecule has 1 heterocycles. The second-order valence-electron chi connectivity index (χ2n) is 5.32. The van der Waals surface area contributed by atoms with Crippen LogP contribution in [-0.2, 0) is 0 Å². The van der Waals surface area contributed by atoms with Gasteiger partial charge in [-0.3, -0.25) is 4.90 Å². The number of thioether (sulfide) groups is 1. The van der Waals surface area contributed by atoms with Crippen LogP contribution in [-0.4, -0.2) is 40.6 Å². The van der Waals surface area contributed by atoms with E-state index in [0.29, 0.717) is 0 Å². The van der Waals surface area contributed by atoms with Gasteiger partial charge in [0.15, 0.2) is 0 Å². The highest BCUT2D eigenvalue weighted by Gasteiger charge is 2.34. The van der Waals surface area contributed by atoms with Gasteiger partial charge in [-0.1, -0.05) is 6.92 Å². The molecule has 15 heavy (non-hydrogen) atoms. The van der Waals surface area contributed by atoms with E-state index in [-0.39, 0.29) is 5.54 Å². The van der Waals surface area contributed by atoms with Crippen molar-refractivity contribution in [1.82, 2.24) is 4.90 Å². The van der Waals surface area contributed by atoms with Gasteiger partial charge in [0.05, 0.1) is 0 Å². The fraction of sp³-hybridized carbons (Fsp3) is 1.00. The highest BCUT2D eigenvalue weighted by molar-refractivity contribution is 8.00. The molecule has 0 aromatic heterocycles. The van der Waals surface area contributed by atoms with E-state index in [4.69, 9.17) is 5.73 Å². The maximum atomic E-state index is 6.27. The van der Waals surface area contributed by atoms with Crippen LogP contribution in [0.3, 0.4) is 0 Å². The van der Waals surface area contributed by atoms with Crippen LogP contribution >= 0.6 is 11.8 Å². The Kier molecular flexibility index (Phi) is 3.63. The molecule has 0 bridgehead atoms. The number of nitrogens with two attached hydrogens (primary N) is 1. The van der Waals surface area contributed by atoms with Gasteiger partial charge in [-0.2, -0.15) is 11.8 Å². The van der Waals surface area contributed by atoms with Crippen molar-refractivity contribution >= 4 is 11.8 Å². The molecular weight excluding hydrogens is 204 g/mol. The van der Waals surface area contributed by atoms with E-state index in [0.717, 1.165) is 11.3 Å². The maximum Gasteiger partial charge on any atom is 0.0184 e. The van der Waals surface area contributed by atoms with Crippen LogP contribution in [0.15, 0.2) is 0 Å². The standard InChI is InChI=1S/C12H24N2S/c1-10-11(2)15-9-8-14(10)7-6-12(13)4-3-5-12/h10-11H,3-9,13H2,1-2H3. The van der Waals surface area contributed by atoms with Crippen LogP contribution in [0, 0.1) is 0 Å². The Hall–Kier alpha value is 0.270. The van der Waals surface area contributed by atoms with Gasteiger partial charge in [0.2, 0.25) is 0 Å². The van der Waals surface area contributed by atoms with Crippen LogP contribution in [0.4, 0.5) is 0 Å². The predicted octanol–water partition coefficient (Wildman–Crippen LogP) is 2.08. The maximum absolute atomic E-state index is 6.27. The minimum Gasteiger partial charge on any atom is -0.325 e. The fourth-order valence-electron chi connectivity index (χ4n) is 2.56. The highest BCUT2D eigenvalue weighted by Crippen LogP contribution is 2.33. The Morgan fingerprint density at radius 2 is 2.13 bits per heavy atom. The van der Waals surface area contributed by atoms with E-state index < -0.39 is 0 Å². The minimum absolute atomic E-state index is 0.202. The Morgan fingerprint density at radius 3 is 2.73 bits per heavy atom. The summed E-state index contributed by atoms with van der Waals surface area (Å²) >= 11 is 2.11. The third-order valence-corrected chi connectivity index (χ3v) is 5.60. The van der Waals surface area contributed by atoms with Gasteiger partial charge in [0, 0.05) is 35.7 Å². The smallest absolute Gasteiger partial charge is 0.0184 e. The van der Waals surface area contributed by atoms with Crippen LogP contribution in [0.25, 0.3) is 0 Å². The molecule has 0 spiro atoms. The van der Waals surface area contributed by atoms with Crippen molar-refractivity contribution in [2.24, 2.45) is 5.73 Å². The van der Waals surface area contributed by atoms with E-state index in [9.17, 15) is 0 Å². The summed E-state index contributed by atoms with van der Waals surface area (Å²) < 4.78 is 0. The molecule has 1 aliphatic carbocycles. The van der Waals surface area contributed by atoms with E-state index in [1.54, 1.807) is 0 Å². The van der Waals surface area contributed by atoms with Gasteiger partial charge in [-0.05, 0) is 32.6 Å². The van der Waals surface area contributed by atoms with Crippen LogP contribution < -0.4 is 5.73 Å². The average Bonchev–Trinajstić information content (AvgIpc) is 2.17. The van der Waals surface area contributed by atoms with E-state index in [1.807, 2.05) is 0 Å². The molecule has 0 radical (unpaired) electrons. The molecule has 1 saturated heterocycles. The Bertz CT molecular complexity index is 216. The van der Waals surface area contributed by atoms with Crippen molar-refractivity contribution in [3.63, 3.8) is 0 Å². The minimum atomic E-state index is 0.202. The van der Waals surface area contributed by atoms with E-state index >= 15 is 0 Å². The van der Waals surface area contributed by atoms with Gasteiger partial charge < -0.3 is 5.73 Å². The number of rotatable bonds is 3. The number of nitrogens with zero attached hydrogens (tertiary/aromatic N) is 1. The van der Waals surface area contributed by atoms with Crippen LogP contribution in [0.1, 0.15) is 39.5 Å². The fourth-order valence-corrected chi connectivity index (χ4v) is 3.72. The number of hydrogen-bond acceptors (Lipinski definition) is 3. The zero-order valence-electron chi connectivity index (χ0n) is 10.0. The van der Waals surface area contributed by atoms with E-state index in [1.165, 1.54) is 44.5 Å². The molecule has 88 valence electrons. The second kappa shape index (κ2) is 4.64. The lowest BCUT2D eigenvalue weighted by atomic mass is 9.75. The topological polar surface area (TPSA) is 29.3 Å². The van der Waals surface area contributed by atoms with Crippen molar-refractivity contribution in [1.29, 1.82) is 0 Å². The predicted molar refractivity (Wildman–Crippen MR) is 68.3 cm³/mol. The van der Waals surface area contributed by atoms with Gasteiger partial charge in [0.1, 0.15) is 0 Å². The van der Waals surface area contributed by atoms with Crippen molar-refractivity contribution in [2.75, 3.05) is 18.8 Å². The number of hydrogen-bond donors (Lipinski definition) is 1. The summed E-state index contributed by atoms with van der Waals surface area (Å²) in [4.78, 5) is 2.63. The lowest BCUT2D eigenvalue weighted by Crippen LogP contribution is -2.51. The largest absolute Gasteiger partial charge is 0.325 e. The van der Waals surface area contributed by atoms with Gasteiger partial charge >= 0.3 is 0 Å². The normalized spacial score (nSPS) is 36.2. The van der Waals surface area contributed by atoms with Crippen molar-refractivity contribution in [3.05, 3.63) is 0 Å². The zero-order valence-corrected chi connectivity index (χ0v) is 10.9. The summed E-state index contributed by atoms with van der Waals surface area (Å²) in [6.07, 6.45) is 5.05. The molecule has 2 nitrogen and oxygen atoms in total. The van der Waals surface area contributed by atoms with Crippen molar-refractivity contribution in [2.45, 2.75) is 56.4 Å². The van der Waals surface area contributed by atoms with Crippen LogP contribution in [0.5, 0.6) is 0 Å². The lowest BCUT2D eigenvalue weighted by Gasteiger charge is -2.43. The summed E-state index contributed by atoms with van der Waals surface area (Å²) in [6.45, 7) is 7.18. The Balaban J connectivity index is 1.78. The lowest BCUT2D eigenvalue weighted by molar-refractivity contribution is 0.155. The van der Waals surface area contributed by atoms with Crippen molar-refractivity contribution in [3.8, 4) is 0 Å². The first-order chi connectivity index (χ1) is 7.11. The highest BCUT2D eigenvalue weighted by atomic mass is 32.2. The van der Waals surface area contributed by atoms with Crippen LogP contribution in [0.2, 0.25) is 0 Å². The molecular formula is C12H24N2S. The average molecular weight is 228 g/mol. The third kappa shape index (κ3) is 2.69. The third-order valence-electron chi connectivity index (χ3n) is 4.26. The molecule has 2 fully saturated rings. The molecule has 2 N–H and O–H groups in total. The molecule has 0 aromatic rings. The molecule has 3 heteroatoms.